The molecule has 42 heavy (non-hydrogen) atoms. The summed E-state index contributed by atoms with van der Waals surface area (Å²) in [6.07, 6.45) is 3.67. The Kier molecular flexibility index (Phi) is 10.2. The number of hydrogen-bond acceptors (Lipinski definition) is 9. The highest BCUT2D eigenvalue weighted by Crippen LogP contribution is 2.38. The van der Waals surface area contributed by atoms with Gasteiger partial charge in [-0.1, -0.05) is 20.8 Å². The third-order valence-corrected chi connectivity index (χ3v) is 12.7. The number of aromatic nitrogens is 2. The molecule has 1 saturated heterocycles. The van der Waals surface area contributed by atoms with Gasteiger partial charge in [-0.2, -0.15) is 5.26 Å². The van der Waals surface area contributed by atoms with Crippen molar-refractivity contribution in [2.75, 3.05) is 44.2 Å². The Morgan fingerprint density at radius 2 is 1.95 bits per heavy atom. The summed E-state index contributed by atoms with van der Waals surface area (Å²) in [5.74, 6) is 1.24. The third kappa shape index (κ3) is 7.27. The zero-order valence-corrected chi connectivity index (χ0v) is 26.8. The van der Waals surface area contributed by atoms with Gasteiger partial charge in [0, 0.05) is 45.2 Å². The molecular formula is C30H43N5O6Si. The lowest BCUT2D eigenvalue weighted by atomic mass is 10.0. The molecule has 0 aliphatic carbocycles. The fourth-order valence-electron chi connectivity index (χ4n) is 4.71. The maximum absolute atomic E-state index is 13.6. The highest BCUT2D eigenvalue weighted by molar-refractivity contribution is 6.74. The number of carbonyl (C=O) groups excluding carboxylic acids is 1. The van der Waals surface area contributed by atoms with E-state index in [0.717, 1.165) is 36.8 Å². The quantitative estimate of drug-likeness (QED) is 0.286. The fraction of sp³-hybridized carbons (Fsp3) is 0.600. The summed E-state index contributed by atoms with van der Waals surface area (Å²) in [7, 11) is 1.10. The van der Waals surface area contributed by atoms with Crippen molar-refractivity contribution in [3.8, 4) is 11.8 Å². The maximum Gasteiger partial charge on any atom is 0.328 e. The smallest absolute Gasteiger partial charge is 0.328 e. The minimum atomic E-state index is -2.03. The summed E-state index contributed by atoms with van der Waals surface area (Å²) in [6.45, 7) is 13.1. The van der Waals surface area contributed by atoms with Gasteiger partial charge in [-0.25, -0.2) is 14.8 Å². The lowest BCUT2D eigenvalue weighted by molar-refractivity contribution is -0.109. The van der Waals surface area contributed by atoms with Crippen molar-refractivity contribution in [3.63, 3.8) is 0 Å². The first-order valence-electron chi connectivity index (χ1n) is 14.4. The molecular weight excluding hydrogens is 554 g/mol. The molecule has 0 spiro atoms. The molecule has 0 bridgehead atoms. The van der Waals surface area contributed by atoms with Crippen molar-refractivity contribution in [1.82, 2.24) is 9.97 Å². The Morgan fingerprint density at radius 1 is 1.24 bits per heavy atom. The topological polar surface area (TPSA) is 128 Å². The van der Waals surface area contributed by atoms with E-state index in [4.69, 9.17) is 28.4 Å². The Bertz CT molecular complexity index is 1300. The van der Waals surface area contributed by atoms with Gasteiger partial charge in [-0.05, 0) is 42.6 Å². The first-order valence-corrected chi connectivity index (χ1v) is 17.3. The second-order valence-electron chi connectivity index (χ2n) is 12.2. The highest BCUT2D eigenvalue weighted by Gasteiger charge is 2.38. The second kappa shape index (κ2) is 13.5. The van der Waals surface area contributed by atoms with Gasteiger partial charge in [0.05, 0.1) is 26.0 Å². The number of anilines is 2. The van der Waals surface area contributed by atoms with Crippen molar-refractivity contribution < 1.29 is 28.2 Å². The van der Waals surface area contributed by atoms with E-state index in [1.54, 1.807) is 25.2 Å². The minimum Gasteiger partial charge on any atom is -0.489 e. The number of amides is 2. The molecule has 2 aromatic heterocycles. The molecule has 0 unspecified atom stereocenters. The summed E-state index contributed by atoms with van der Waals surface area (Å²) < 4.78 is 29.2. The van der Waals surface area contributed by atoms with Crippen LogP contribution in [0.5, 0.6) is 5.75 Å². The van der Waals surface area contributed by atoms with Crippen LogP contribution < -0.4 is 15.0 Å². The lowest BCUT2D eigenvalue weighted by Crippen LogP contribution is -2.41. The maximum atomic E-state index is 13.6. The van der Waals surface area contributed by atoms with Crippen LogP contribution in [-0.4, -0.2) is 64.4 Å². The third-order valence-electron chi connectivity index (χ3n) is 8.25. The Balaban J connectivity index is 1.59. The number of ether oxygens (including phenoxy) is 4. The van der Waals surface area contributed by atoms with E-state index in [1.807, 2.05) is 0 Å². The van der Waals surface area contributed by atoms with Crippen LogP contribution in [0.1, 0.15) is 68.7 Å². The van der Waals surface area contributed by atoms with Crippen LogP contribution in [0.2, 0.25) is 18.1 Å². The van der Waals surface area contributed by atoms with Crippen LogP contribution in [0.25, 0.3) is 0 Å². The van der Waals surface area contributed by atoms with Crippen molar-refractivity contribution in [2.24, 2.45) is 0 Å². The van der Waals surface area contributed by atoms with Crippen LogP contribution in [0.15, 0.2) is 18.3 Å². The minimum absolute atomic E-state index is 0.0564. The Morgan fingerprint density at radius 3 is 2.60 bits per heavy atom. The number of fused-ring (bicyclic) bond motifs is 1. The molecule has 12 heteroatoms. The van der Waals surface area contributed by atoms with E-state index in [-0.39, 0.29) is 17.2 Å². The summed E-state index contributed by atoms with van der Waals surface area (Å²) in [4.78, 5) is 24.4. The Labute approximate surface area is 249 Å². The number of carbonyl (C=O) groups is 1. The van der Waals surface area contributed by atoms with Gasteiger partial charge in [0.25, 0.3) is 0 Å². The number of rotatable bonds is 9. The lowest BCUT2D eigenvalue weighted by Gasteiger charge is -2.36. The molecule has 0 saturated carbocycles. The SMILES string of the molecule is COC(OC)c1nc2c(cc1CO[Si](C)(C)C(C)(C)C)CCCN2C(=O)Nc1cc(OC2CCOCC2)c(C#N)cn1. The molecule has 2 amide bonds. The summed E-state index contributed by atoms with van der Waals surface area (Å²) >= 11 is 0. The molecule has 4 rings (SSSR count). The second-order valence-corrected chi connectivity index (χ2v) is 17.0. The van der Waals surface area contributed by atoms with Crippen LogP contribution in [0, 0.1) is 11.3 Å². The largest absolute Gasteiger partial charge is 0.489 e. The monoisotopic (exact) mass is 597 g/mol. The van der Waals surface area contributed by atoms with Crippen LogP contribution in [0.4, 0.5) is 16.4 Å². The van der Waals surface area contributed by atoms with E-state index in [1.165, 1.54) is 6.20 Å². The van der Waals surface area contributed by atoms with Gasteiger partial charge >= 0.3 is 6.03 Å². The summed E-state index contributed by atoms with van der Waals surface area (Å²) in [5, 5.41) is 12.5. The van der Waals surface area contributed by atoms with E-state index < -0.39 is 14.6 Å². The van der Waals surface area contributed by atoms with Crippen molar-refractivity contribution >= 4 is 26.0 Å². The van der Waals surface area contributed by atoms with E-state index in [0.29, 0.717) is 55.0 Å². The predicted molar refractivity (Wildman–Crippen MR) is 161 cm³/mol. The van der Waals surface area contributed by atoms with Gasteiger partial charge < -0.3 is 23.4 Å². The number of nitrogens with one attached hydrogen (secondary N) is 1. The highest BCUT2D eigenvalue weighted by atomic mass is 28.4. The molecule has 0 atom stereocenters. The number of nitriles is 1. The summed E-state index contributed by atoms with van der Waals surface area (Å²) in [6, 6.07) is 5.41. The van der Waals surface area contributed by atoms with E-state index >= 15 is 0 Å². The Hall–Kier alpha value is -3.08. The van der Waals surface area contributed by atoms with Gasteiger partial charge in [0.15, 0.2) is 8.32 Å². The van der Waals surface area contributed by atoms with Crippen LogP contribution >= 0.6 is 0 Å². The molecule has 4 heterocycles. The molecule has 0 radical (unpaired) electrons. The number of urea groups is 1. The zero-order chi connectivity index (χ0) is 30.5. The average Bonchev–Trinajstić information content (AvgIpc) is 2.96. The molecule has 2 aromatic rings. The molecule has 2 aliphatic rings. The molecule has 228 valence electrons. The summed E-state index contributed by atoms with van der Waals surface area (Å²) in [5.41, 5.74) is 2.74. The predicted octanol–water partition coefficient (Wildman–Crippen LogP) is 5.70. The number of pyridine rings is 2. The van der Waals surface area contributed by atoms with Crippen LogP contribution in [0.3, 0.4) is 0 Å². The van der Waals surface area contributed by atoms with Crippen molar-refractivity contribution in [2.45, 2.75) is 83.6 Å². The van der Waals surface area contributed by atoms with Crippen LogP contribution in [-0.2, 0) is 31.7 Å². The fourth-order valence-corrected chi connectivity index (χ4v) is 5.66. The molecule has 1 N–H and O–H groups in total. The standard InChI is InChI=1S/C30H43N5O6Si/c1-30(2,3)42(6,7)40-19-21-15-20-9-8-12-35(27(20)34-26(21)28(37-4)38-5)29(36)33-25-16-24(22(17-31)18-32-25)41-23-10-13-39-14-11-23/h15-16,18,23,28H,8-14,19H2,1-7H3,(H,32,33,36). The van der Waals surface area contributed by atoms with Crippen molar-refractivity contribution in [3.05, 3.63) is 40.7 Å². The number of hydrogen-bond donors (Lipinski definition) is 1. The van der Waals surface area contributed by atoms with E-state index in [9.17, 15) is 10.1 Å². The van der Waals surface area contributed by atoms with Gasteiger partial charge in [0.1, 0.15) is 40.8 Å². The normalized spacial score (nSPS) is 16.2. The van der Waals surface area contributed by atoms with E-state index in [2.05, 4.69) is 56.3 Å². The molecule has 11 nitrogen and oxygen atoms in total. The number of nitrogens with zero attached hydrogens (tertiary/aromatic N) is 4. The van der Waals surface area contributed by atoms with Gasteiger partial charge in [-0.3, -0.25) is 10.2 Å². The molecule has 0 aromatic carbocycles. The van der Waals surface area contributed by atoms with Gasteiger partial charge in [0.2, 0.25) is 6.29 Å². The first-order chi connectivity index (χ1) is 20.0. The first kappa shape index (κ1) is 31.8. The number of methoxy groups -OCH3 is 2. The molecule has 2 aliphatic heterocycles. The average molecular weight is 598 g/mol. The number of aryl methyl sites for hydroxylation is 1. The van der Waals surface area contributed by atoms with Crippen molar-refractivity contribution in [1.29, 1.82) is 5.26 Å². The molecule has 1 fully saturated rings. The van der Waals surface area contributed by atoms with Gasteiger partial charge in [-0.15, -0.1) is 0 Å². The zero-order valence-electron chi connectivity index (χ0n) is 25.8.